The summed E-state index contributed by atoms with van der Waals surface area (Å²) in [5, 5.41) is 18.0. The monoisotopic (exact) mass is 245 g/mol. The third kappa shape index (κ3) is 1.99. The lowest BCUT2D eigenvalue weighted by atomic mass is 10.1. The lowest BCUT2D eigenvalue weighted by Gasteiger charge is -2.09. The van der Waals surface area contributed by atoms with E-state index in [1.807, 2.05) is 0 Å². The Kier molecular flexibility index (Phi) is 2.90. The summed E-state index contributed by atoms with van der Waals surface area (Å²) in [5.74, 6) is -1.30. The molecule has 0 fully saturated rings. The van der Waals surface area contributed by atoms with Crippen molar-refractivity contribution in [2.45, 2.75) is 6.04 Å². The Balaban J connectivity index is 3.15. The van der Waals surface area contributed by atoms with E-state index in [1.54, 1.807) is 12.1 Å². The molecule has 1 rings (SSSR count). The number of hydrogen-bond acceptors (Lipinski definition) is 3. The molecule has 1 aromatic carbocycles. The van der Waals surface area contributed by atoms with Crippen LogP contribution in [0.5, 0.6) is 5.75 Å². The van der Waals surface area contributed by atoms with Crippen LogP contribution in [0.2, 0.25) is 0 Å². The maximum atomic E-state index is 10.5. The third-order valence-electron chi connectivity index (χ3n) is 1.62. The molecule has 0 aromatic heterocycles. The van der Waals surface area contributed by atoms with Crippen LogP contribution < -0.4 is 5.73 Å². The van der Waals surface area contributed by atoms with Gasteiger partial charge in [-0.25, -0.2) is 0 Å². The van der Waals surface area contributed by atoms with Gasteiger partial charge in [-0.2, -0.15) is 0 Å². The van der Waals surface area contributed by atoms with Gasteiger partial charge in [-0.15, -0.1) is 0 Å². The molecule has 1 atom stereocenters. The van der Waals surface area contributed by atoms with Gasteiger partial charge in [0.2, 0.25) is 0 Å². The van der Waals surface area contributed by atoms with E-state index in [9.17, 15) is 9.90 Å². The SMILES string of the molecule is NC(C(=O)O)c1cccc(Br)c1O. The number of phenols is 1. The van der Waals surface area contributed by atoms with Crippen LogP contribution >= 0.6 is 15.9 Å². The molecule has 0 aliphatic rings. The minimum Gasteiger partial charge on any atom is -0.506 e. The molecule has 70 valence electrons. The first-order valence-corrected chi connectivity index (χ1v) is 4.29. The summed E-state index contributed by atoms with van der Waals surface area (Å²) in [6.45, 7) is 0. The summed E-state index contributed by atoms with van der Waals surface area (Å²) < 4.78 is 0.432. The van der Waals surface area contributed by atoms with Crippen molar-refractivity contribution in [1.29, 1.82) is 0 Å². The molecule has 0 aliphatic carbocycles. The van der Waals surface area contributed by atoms with Crippen molar-refractivity contribution in [2.75, 3.05) is 0 Å². The van der Waals surface area contributed by atoms with Crippen molar-refractivity contribution < 1.29 is 15.0 Å². The first-order chi connectivity index (χ1) is 6.04. The number of para-hydroxylation sites is 1. The zero-order valence-corrected chi connectivity index (χ0v) is 8.15. The number of benzene rings is 1. The fourth-order valence-corrected chi connectivity index (χ4v) is 1.30. The quantitative estimate of drug-likeness (QED) is 0.732. The second-order valence-electron chi connectivity index (χ2n) is 2.49. The molecule has 1 unspecified atom stereocenters. The molecule has 4 N–H and O–H groups in total. The van der Waals surface area contributed by atoms with Crippen molar-refractivity contribution >= 4 is 21.9 Å². The summed E-state index contributed by atoms with van der Waals surface area (Å²) in [6, 6.07) is 3.49. The lowest BCUT2D eigenvalue weighted by Crippen LogP contribution is -2.20. The van der Waals surface area contributed by atoms with E-state index in [0.29, 0.717) is 4.47 Å². The van der Waals surface area contributed by atoms with Gasteiger partial charge in [-0.1, -0.05) is 12.1 Å². The van der Waals surface area contributed by atoms with E-state index in [4.69, 9.17) is 10.8 Å². The number of phenolic OH excluding ortho intramolecular Hbond substituents is 1. The Morgan fingerprint density at radius 1 is 1.54 bits per heavy atom. The average Bonchev–Trinajstić information content (AvgIpc) is 2.08. The minimum absolute atomic E-state index is 0.127. The molecule has 0 saturated carbocycles. The number of carboxylic acid groups (broad SMARTS) is 1. The van der Waals surface area contributed by atoms with Crippen LogP contribution in [0.4, 0.5) is 0 Å². The van der Waals surface area contributed by atoms with Gasteiger partial charge in [0.05, 0.1) is 4.47 Å². The van der Waals surface area contributed by atoms with Crippen LogP contribution in [0.15, 0.2) is 22.7 Å². The second kappa shape index (κ2) is 3.76. The van der Waals surface area contributed by atoms with Crippen molar-refractivity contribution in [3.8, 4) is 5.75 Å². The molecule has 0 aliphatic heterocycles. The Labute approximate surface area is 83.1 Å². The number of hydrogen-bond donors (Lipinski definition) is 3. The van der Waals surface area contributed by atoms with Crippen LogP contribution in [0, 0.1) is 0 Å². The van der Waals surface area contributed by atoms with Gasteiger partial charge in [-0.3, -0.25) is 4.79 Å². The maximum Gasteiger partial charge on any atom is 0.325 e. The predicted molar refractivity (Wildman–Crippen MR) is 50.4 cm³/mol. The minimum atomic E-state index is -1.20. The summed E-state index contributed by atoms with van der Waals surface area (Å²) in [7, 11) is 0. The van der Waals surface area contributed by atoms with Crippen LogP contribution in [0.3, 0.4) is 0 Å². The van der Waals surface area contributed by atoms with E-state index in [1.165, 1.54) is 6.07 Å². The van der Waals surface area contributed by atoms with Gasteiger partial charge in [0.1, 0.15) is 11.8 Å². The zero-order valence-electron chi connectivity index (χ0n) is 6.57. The van der Waals surface area contributed by atoms with E-state index in [0.717, 1.165) is 0 Å². The molecule has 5 heteroatoms. The smallest absolute Gasteiger partial charge is 0.325 e. The molecule has 4 nitrogen and oxygen atoms in total. The number of carbonyl (C=O) groups is 1. The topological polar surface area (TPSA) is 83.6 Å². The normalized spacial score (nSPS) is 12.5. The largest absolute Gasteiger partial charge is 0.506 e. The summed E-state index contributed by atoms with van der Waals surface area (Å²) in [5.41, 5.74) is 5.52. The molecule has 1 aromatic rings. The van der Waals surface area contributed by atoms with E-state index < -0.39 is 12.0 Å². The lowest BCUT2D eigenvalue weighted by molar-refractivity contribution is -0.138. The molecular formula is C8H8BrNO3. The number of carboxylic acids is 1. The number of aromatic hydroxyl groups is 1. The van der Waals surface area contributed by atoms with E-state index >= 15 is 0 Å². The molecule has 0 amide bonds. The third-order valence-corrected chi connectivity index (χ3v) is 2.26. The molecule has 0 heterocycles. The molecule has 0 saturated heterocycles. The highest BCUT2D eigenvalue weighted by Gasteiger charge is 2.18. The molecular weight excluding hydrogens is 238 g/mol. The Hall–Kier alpha value is -1.07. The van der Waals surface area contributed by atoms with Crippen LogP contribution in [-0.4, -0.2) is 16.2 Å². The average molecular weight is 246 g/mol. The van der Waals surface area contributed by atoms with Gasteiger partial charge >= 0.3 is 5.97 Å². The predicted octanol–water partition coefficient (Wildman–Crippen LogP) is 1.24. The van der Waals surface area contributed by atoms with E-state index in [2.05, 4.69) is 15.9 Å². The first kappa shape index (κ1) is 10.0. The van der Waals surface area contributed by atoms with Crippen molar-refractivity contribution in [2.24, 2.45) is 5.73 Å². The van der Waals surface area contributed by atoms with Crippen molar-refractivity contribution in [1.82, 2.24) is 0 Å². The Morgan fingerprint density at radius 2 is 2.15 bits per heavy atom. The van der Waals surface area contributed by atoms with Crippen LogP contribution in [0.25, 0.3) is 0 Å². The summed E-state index contributed by atoms with van der Waals surface area (Å²) in [4.78, 5) is 10.5. The van der Waals surface area contributed by atoms with Crippen LogP contribution in [0.1, 0.15) is 11.6 Å². The number of aliphatic carboxylic acids is 1. The highest BCUT2D eigenvalue weighted by molar-refractivity contribution is 9.10. The number of rotatable bonds is 2. The highest BCUT2D eigenvalue weighted by atomic mass is 79.9. The molecule has 0 spiro atoms. The molecule has 0 radical (unpaired) electrons. The second-order valence-corrected chi connectivity index (χ2v) is 3.35. The standard InChI is InChI=1S/C8H8BrNO3/c9-5-3-1-2-4(7(5)11)6(10)8(12)13/h1-3,6,11H,10H2,(H,12,13). The molecule has 0 bridgehead atoms. The summed E-state index contributed by atoms with van der Waals surface area (Å²) >= 11 is 3.06. The van der Waals surface area contributed by atoms with E-state index in [-0.39, 0.29) is 11.3 Å². The zero-order chi connectivity index (χ0) is 10.0. The number of halogens is 1. The van der Waals surface area contributed by atoms with Gasteiger partial charge in [-0.05, 0) is 22.0 Å². The fraction of sp³-hybridized carbons (Fsp3) is 0.125. The Bertz CT molecular complexity index is 340. The highest BCUT2D eigenvalue weighted by Crippen LogP contribution is 2.30. The van der Waals surface area contributed by atoms with Crippen molar-refractivity contribution in [3.63, 3.8) is 0 Å². The van der Waals surface area contributed by atoms with Gasteiger partial charge in [0.25, 0.3) is 0 Å². The van der Waals surface area contributed by atoms with Crippen LogP contribution in [-0.2, 0) is 4.79 Å². The molecule has 13 heavy (non-hydrogen) atoms. The van der Waals surface area contributed by atoms with Crippen molar-refractivity contribution in [3.05, 3.63) is 28.2 Å². The van der Waals surface area contributed by atoms with Gasteiger partial charge in [0, 0.05) is 5.56 Å². The van der Waals surface area contributed by atoms with Gasteiger partial charge in [0.15, 0.2) is 0 Å². The first-order valence-electron chi connectivity index (χ1n) is 3.50. The number of nitrogens with two attached hydrogens (primary N) is 1. The maximum absolute atomic E-state index is 10.5. The van der Waals surface area contributed by atoms with Gasteiger partial charge < -0.3 is 15.9 Å². The Morgan fingerprint density at radius 3 is 2.69 bits per heavy atom. The fourth-order valence-electron chi connectivity index (χ4n) is 0.916. The summed E-state index contributed by atoms with van der Waals surface area (Å²) in [6.07, 6.45) is 0.